The molecule has 0 spiro atoms. The maximum atomic E-state index is 12.5. The molecule has 1 N–H and O–H groups in total. The lowest BCUT2D eigenvalue weighted by atomic mass is 9.84. The van der Waals surface area contributed by atoms with E-state index in [0.717, 1.165) is 37.9 Å². The quantitative estimate of drug-likeness (QED) is 0.521. The number of unbranched alkanes of at least 4 members (excludes halogenated alkanes) is 2. The zero-order chi connectivity index (χ0) is 17.3. The molecule has 0 aliphatic carbocycles. The van der Waals surface area contributed by atoms with Crippen LogP contribution in [0.4, 0.5) is 0 Å². The summed E-state index contributed by atoms with van der Waals surface area (Å²) in [6.07, 6.45) is 8.22. The number of nitrogens with one attached hydrogen (secondary N) is 1. The summed E-state index contributed by atoms with van der Waals surface area (Å²) in [4.78, 5) is 12.5. The van der Waals surface area contributed by atoms with Crippen LogP contribution in [0.25, 0.3) is 0 Å². The van der Waals surface area contributed by atoms with Crippen LogP contribution in [0.15, 0.2) is 30.3 Å². The van der Waals surface area contributed by atoms with E-state index in [1.54, 1.807) is 0 Å². The summed E-state index contributed by atoms with van der Waals surface area (Å²) in [6, 6.07) is 10.3. The number of hydrogen-bond acceptors (Lipinski definition) is 3. The number of piperidine rings is 1. The lowest BCUT2D eigenvalue weighted by molar-refractivity contribution is -0.164. The molecular formula is C21H33NO2. The smallest absolute Gasteiger partial charge is 0.306 e. The van der Waals surface area contributed by atoms with E-state index in [-0.39, 0.29) is 5.97 Å². The van der Waals surface area contributed by atoms with Gasteiger partial charge in [-0.1, -0.05) is 69.9 Å². The van der Waals surface area contributed by atoms with Crippen LogP contribution in [0, 0.1) is 5.92 Å². The van der Waals surface area contributed by atoms with Crippen LogP contribution in [0.2, 0.25) is 0 Å². The minimum Gasteiger partial charge on any atom is -0.454 e. The standard InChI is InChI=1S/C21H33NO2/c1-3-4-6-9-18(2)12-13-20(23)24-21(14-16-22-17-15-21)19-10-7-5-8-11-19/h5,7-8,10-11,18,22H,3-4,6,9,12-17H2,1-2H3. The molecule has 1 aliphatic rings. The molecule has 0 bridgehead atoms. The van der Waals surface area contributed by atoms with Crippen molar-refractivity contribution < 1.29 is 9.53 Å². The second kappa shape index (κ2) is 9.83. The van der Waals surface area contributed by atoms with Crippen molar-refractivity contribution in [2.45, 2.75) is 70.8 Å². The van der Waals surface area contributed by atoms with Crippen LogP contribution in [0.3, 0.4) is 0 Å². The molecule has 1 heterocycles. The number of hydrogen-bond donors (Lipinski definition) is 1. The SMILES string of the molecule is CCCCCC(C)CCC(=O)OC1(c2ccccc2)CCNCC1. The van der Waals surface area contributed by atoms with Crippen molar-refractivity contribution in [1.82, 2.24) is 5.32 Å². The minimum absolute atomic E-state index is 0.0388. The van der Waals surface area contributed by atoms with Gasteiger partial charge in [0.15, 0.2) is 0 Å². The Balaban J connectivity index is 1.89. The Labute approximate surface area is 147 Å². The largest absolute Gasteiger partial charge is 0.454 e. The Kier molecular flexibility index (Phi) is 7.77. The summed E-state index contributed by atoms with van der Waals surface area (Å²) in [5.74, 6) is 0.563. The van der Waals surface area contributed by atoms with Crippen LogP contribution in [0.5, 0.6) is 0 Å². The Bertz CT molecular complexity index is 480. The first-order valence-electron chi connectivity index (χ1n) is 9.64. The van der Waals surface area contributed by atoms with Gasteiger partial charge in [-0.25, -0.2) is 0 Å². The third kappa shape index (κ3) is 5.62. The highest BCUT2D eigenvalue weighted by Crippen LogP contribution is 2.35. The van der Waals surface area contributed by atoms with Gasteiger partial charge in [0.05, 0.1) is 0 Å². The van der Waals surface area contributed by atoms with Gasteiger partial charge in [0.25, 0.3) is 0 Å². The molecule has 1 aromatic rings. The van der Waals surface area contributed by atoms with Crippen molar-refractivity contribution in [2.75, 3.05) is 13.1 Å². The van der Waals surface area contributed by atoms with E-state index in [0.29, 0.717) is 12.3 Å². The van der Waals surface area contributed by atoms with Crippen LogP contribution in [0.1, 0.15) is 70.8 Å². The van der Waals surface area contributed by atoms with Gasteiger partial charge in [-0.05, 0) is 31.0 Å². The van der Waals surface area contributed by atoms with Crippen LogP contribution < -0.4 is 5.32 Å². The first-order valence-corrected chi connectivity index (χ1v) is 9.64. The molecule has 2 rings (SSSR count). The molecule has 0 amide bonds. The van der Waals surface area contributed by atoms with Crippen molar-refractivity contribution in [2.24, 2.45) is 5.92 Å². The second-order valence-corrected chi connectivity index (χ2v) is 7.22. The fourth-order valence-corrected chi connectivity index (χ4v) is 3.54. The van der Waals surface area contributed by atoms with Gasteiger partial charge in [-0.3, -0.25) is 4.79 Å². The van der Waals surface area contributed by atoms with Crippen LogP contribution >= 0.6 is 0 Å². The number of carbonyl (C=O) groups is 1. The summed E-state index contributed by atoms with van der Waals surface area (Å²) in [5.41, 5.74) is 0.700. The summed E-state index contributed by atoms with van der Waals surface area (Å²) in [6.45, 7) is 6.27. The molecule has 0 saturated carbocycles. The molecule has 3 heteroatoms. The summed E-state index contributed by atoms with van der Waals surface area (Å²) in [5, 5.41) is 3.37. The zero-order valence-electron chi connectivity index (χ0n) is 15.4. The number of ether oxygens (including phenoxy) is 1. The van der Waals surface area contributed by atoms with Gasteiger partial charge >= 0.3 is 5.97 Å². The lowest BCUT2D eigenvalue weighted by Gasteiger charge is -2.37. The van der Waals surface area contributed by atoms with Gasteiger partial charge in [-0.2, -0.15) is 0 Å². The van der Waals surface area contributed by atoms with Crippen LogP contribution in [-0.2, 0) is 15.1 Å². The Hall–Kier alpha value is -1.35. The Morgan fingerprint density at radius 1 is 1.17 bits per heavy atom. The summed E-state index contributed by atoms with van der Waals surface area (Å²) in [7, 11) is 0. The van der Waals surface area contributed by atoms with E-state index >= 15 is 0 Å². The molecule has 1 fully saturated rings. The predicted octanol–water partition coefficient (Wildman–Crippen LogP) is 4.81. The lowest BCUT2D eigenvalue weighted by Crippen LogP contribution is -2.43. The molecule has 24 heavy (non-hydrogen) atoms. The molecule has 1 aromatic carbocycles. The van der Waals surface area contributed by atoms with E-state index in [4.69, 9.17) is 4.74 Å². The van der Waals surface area contributed by atoms with Crippen molar-refractivity contribution in [1.29, 1.82) is 0 Å². The molecule has 134 valence electrons. The first kappa shape index (κ1) is 19.0. The Morgan fingerprint density at radius 3 is 2.54 bits per heavy atom. The highest BCUT2D eigenvalue weighted by molar-refractivity contribution is 5.70. The van der Waals surface area contributed by atoms with Gasteiger partial charge in [-0.15, -0.1) is 0 Å². The van der Waals surface area contributed by atoms with E-state index in [1.165, 1.54) is 25.7 Å². The van der Waals surface area contributed by atoms with Crippen molar-refractivity contribution in [3.63, 3.8) is 0 Å². The molecular weight excluding hydrogens is 298 g/mol. The summed E-state index contributed by atoms with van der Waals surface area (Å²) < 4.78 is 6.06. The highest BCUT2D eigenvalue weighted by Gasteiger charge is 2.37. The predicted molar refractivity (Wildman–Crippen MR) is 98.9 cm³/mol. The number of benzene rings is 1. The molecule has 3 nitrogen and oxygen atoms in total. The van der Waals surface area contributed by atoms with Gasteiger partial charge in [0.2, 0.25) is 0 Å². The number of rotatable bonds is 9. The van der Waals surface area contributed by atoms with Gasteiger partial charge < -0.3 is 10.1 Å². The topological polar surface area (TPSA) is 38.3 Å². The molecule has 1 aliphatic heterocycles. The normalized spacial score (nSPS) is 18.1. The van der Waals surface area contributed by atoms with E-state index < -0.39 is 5.60 Å². The van der Waals surface area contributed by atoms with Gasteiger partial charge in [0.1, 0.15) is 5.60 Å². The fraction of sp³-hybridized carbons (Fsp3) is 0.667. The van der Waals surface area contributed by atoms with E-state index in [1.807, 2.05) is 18.2 Å². The molecule has 0 radical (unpaired) electrons. The Morgan fingerprint density at radius 2 is 1.88 bits per heavy atom. The summed E-state index contributed by atoms with van der Waals surface area (Å²) >= 11 is 0. The minimum atomic E-state index is -0.435. The van der Waals surface area contributed by atoms with Crippen molar-refractivity contribution in [3.8, 4) is 0 Å². The third-order valence-corrected chi connectivity index (χ3v) is 5.16. The van der Waals surface area contributed by atoms with E-state index in [2.05, 4.69) is 31.3 Å². The monoisotopic (exact) mass is 331 g/mol. The van der Waals surface area contributed by atoms with Gasteiger partial charge in [0, 0.05) is 19.3 Å². The van der Waals surface area contributed by atoms with Crippen molar-refractivity contribution >= 4 is 5.97 Å². The fourth-order valence-electron chi connectivity index (χ4n) is 3.54. The van der Waals surface area contributed by atoms with Crippen LogP contribution in [-0.4, -0.2) is 19.1 Å². The number of esters is 1. The average molecular weight is 332 g/mol. The zero-order valence-corrected chi connectivity index (χ0v) is 15.4. The first-order chi connectivity index (χ1) is 11.7. The number of carbonyl (C=O) groups excluding carboxylic acids is 1. The van der Waals surface area contributed by atoms with Crippen molar-refractivity contribution in [3.05, 3.63) is 35.9 Å². The maximum Gasteiger partial charge on any atom is 0.306 e. The third-order valence-electron chi connectivity index (χ3n) is 5.16. The van der Waals surface area contributed by atoms with E-state index in [9.17, 15) is 4.79 Å². The molecule has 0 aromatic heterocycles. The molecule has 1 saturated heterocycles. The average Bonchev–Trinajstić information content (AvgIpc) is 2.62. The molecule has 1 unspecified atom stereocenters. The molecule has 1 atom stereocenters. The maximum absolute atomic E-state index is 12.5. The second-order valence-electron chi connectivity index (χ2n) is 7.22. The highest BCUT2D eigenvalue weighted by atomic mass is 16.6.